The maximum Gasteiger partial charge on any atom is 0.231 e. The van der Waals surface area contributed by atoms with Gasteiger partial charge in [0.1, 0.15) is 0 Å². The van der Waals surface area contributed by atoms with Crippen LogP contribution in [0.4, 0.5) is 5.69 Å². The lowest BCUT2D eigenvalue weighted by molar-refractivity contribution is -0.117. The fraction of sp³-hybridized carbons (Fsp3) is 0.235. The Hall–Kier alpha value is -1.80. The fourth-order valence-corrected chi connectivity index (χ4v) is 2.34. The van der Waals surface area contributed by atoms with Crippen LogP contribution < -0.4 is 5.32 Å². The molecule has 104 valence electrons. The molecule has 0 heterocycles. The third kappa shape index (κ3) is 3.40. The molecular formula is C17H18ClNO. The summed E-state index contributed by atoms with van der Waals surface area (Å²) in [5, 5.41) is 3.60. The second kappa shape index (κ2) is 6.58. The minimum absolute atomic E-state index is 0.00128. The molecule has 1 atom stereocenters. The van der Waals surface area contributed by atoms with Crippen LogP contribution >= 0.6 is 11.6 Å². The molecule has 1 unspecified atom stereocenters. The molecule has 2 aromatic carbocycles. The van der Waals surface area contributed by atoms with E-state index in [4.69, 9.17) is 11.6 Å². The molecule has 0 aliphatic rings. The third-order valence-electron chi connectivity index (χ3n) is 3.37. The van der Waals surface area contributed by atoms with Crippen LogP contribution in [-0.2, 0) is 4.79 Å². The molecule has 1 amide bonds. The van der Waals surface area contributed by atoms with E-state index in [1.807, 2.05) is 56.3 Å². The summed E-state index contributed by atoms with van der Waals surface area (Å²) in [5.74, 6) is -0.144. The molecule has 0 fully saturated rings. The van der Waals surface area contributed by atoms with Crippen molar-refractivity contribution in [2.24, 2.45) is 0 Å². The van der Waals surface area contributed by atoms with Crippen LogP contribution in [0.1, 0.15) is 30.4 Å². The van der Waals surface area contributed by atoms with Crippen LogP contribution in [0.25, 0.3) is 0 Å². The third-order valence-corrected chi connectivity index (χ3v) is 3.77. The van der Waals surface area contributed by atoms with Crippen molar-refractivity contribution in [1.29, 1.82) is 0 Å². The van der Waals surface area contributed by atoms with Crippen molar-refractivity contribution in [3.63, 3.8) is 0 Å². The molecular weight excluding hydrogens is 270 g/mol. The van der Waals surface area contributed by atoms with Crippen LogP contribution in [0.15, 0.2) is 48.5 Å². The van der Waals surface area contributed by atoms with Crippen molar-refractivity contribution in [3.8, 4) is 0 Å². The van der Waals surface area contributed by atoms with Crippen molar-refractivity contribution in [1.82, 2.24) is 0 Å². The van der Waals surface area contributed by atoms with Crippen LogP contribution in [-0.4, -0.2) is 5.91 Å². The van der Waals surface area contributed by atoms with Crippen molar-refractivity contribution >= 4 is 23.2 Å². The van der Waals surface area contributed by atoms with E-state index in [-0.39, 0.29) is 11.8 Å². The molecule has 0 radical (unpaired) electrons. The number of anilines is 1. The number of carbonyl (C=O) groups excluding carboxylic acids is 1. The Morgan fingerprint density at radius 1 is 1.20 bits per heavy atom. The van der Waals surface area contributed by atoms with E-state index in [2.05, 4.69) is 5.32 Å². The number of hydrogen-bond donors (Lipinski definition) is 1. The first-order chi connectivity index (χ1) is 9.61. The molecule has 0 saturated heterocycles. The molecule has 2 aromatic rings. The molecule has 0 saturated carbocycles. The first-order valence-corrected chi connectivity index (χ1v) is 7.11. The van der Waals surface area contributed by atoms with Crippen molar-refractivity contribution in [2.75, 3.05) is 5.32 Å². The number of carbonyl (C=O) groups is 1. The normalized spacial score (nSPS) is 11.9. The minimum Gasteiger partial charge on any atom is -0.326 e. The van der Waals surface area contributed by atoms with Gasteiger partial charge in [0.25, 0.3) is 0 Å². The fourth-order valence-electron chi connectivity index (χ4n) is 2.16. The molecule has 2 rings (SSSR count). The van der Waals surface area contributed by atoms with Gasteiger partial charge in [-0.05, 0) is 36.6 Å². The van der Waals surface area contributed by atoms with Gasteiger partial charge in [0, 0.05) is 10.7 Å². The van der Waals surface area contributed by atoms with E-state index in [1.54, 1.807) is 6.07 Å². The Labute approximate surface area is 124 Å². The predicted octanol–water partition coefficient (Wildman–Crippen LogP) is 4.78. The van der Waals surface area contributed by atoms with Gasteiger partial charge in [-0.3, -0.25) is 4.79 Å². The van der Waals surface area contributed by atoms with Gasteiger partial charge in [-0.25, -0.2) is 0 Å². The predicted molar refractivity (Wildman–Crippen MR) is 84.3 cm³/mol. The number of halogens is 1. The Kier molecular flexibility index (Phi) is 4.80. The standard InChI is InChI=1S/C17H18ClNO/c1-3-15(13-7-5-4-6-8-13)17(20)19-14-10-9-12(2)16(18)11-14/h4-11,15H,3H2,1-2H3,(H,19,20). The molecule has 3 heteroatoms. The maximum absolute atomic E-state index is 12.4. The van der Waals surface area contributed by atoms with Crippen molar-refractivity contribution < 1.29 is 4.79 Å². The van der Waals surface area contributed by atoms with E-state index in [0.29, 0.717) is 5.02 Å². The summed E-state index contributed by atoms with van der Waals surface area (Å²) in [6.45, 7) is 3.95. The average molecular weight is 288 g/mol. The number of amides is 1. The zero-order chi connectivity index (χ0) is 14.5. The topological polar surface area (TPSA) is 29.1 Å². The van der Waals surface area contributed by atoms with Gasteiger partial charge >= 0.3 is 0 Å². The molecule has 2 nitrogen and oxygen atoms in total. The second-order valence-corrected chi connectivity index (χ2v) is 5.23. The van der Waals surface area contributed by atoms with E-state index >= 15 is 0 Å². The van der Waals surface area contributed by atoms with Crippen LogP contribution in [0, 0.1) is 6.92 Å². The smallest absolute Gasteiger partial charge is 0.231 e. The summed E-state index contributed by atoms with van der Waals surface area (Å²) < 4.78 is 0. The monoisotopic (exact) mass is 287 g/mol. The zero-order valence-corrected chi connectivity index (χ0v) is 12.4. The summed E-state index contributed by atoms with van der Waals surface area (Å²) >= 11 is 6.08. The summed E-state index contributed by atoms with van der Waals surface area (Å²) in [4.78, 5) is 12.4. The second-order valence-electron chi connectivity index (χ2n) is 4.82. The van der Waals surface area contributed by atoms with Crippen LogP contribution in [0.3, 0.4) is 0 Å². The molecule has 0 bridgehead atoms. The lowest BCUT2D eigenvalue weighted by Crippen LogP contribution is -2.20. The number of aryl methyl sites for hydroxylation is 1. The molecule has 0 aliphatic heterocycles. The first-order valence-electron chi connectivity index (χ1n) is 6.73. The van der Waals surface area contributed by atoms with Gasteiger partial charge in [0.05, 0.1) is 5.92 Å². The number of benzene rings is 2. The first kappa shape index (κ1) is 14.6. The van der Waals surface area contributed by atoms with Crippen LogP contribution in [0.5, 0.6) is 0 Å². The van der Waals surface area contributed by atoms with Gasteiger partial charge in [-0.2, -0.15) is 0 Å². The van der Waals surface area contributed by atoms with Gasteiger partial charge in [-0.1, -0.05) is 54.9 Å². The Balaban J connectivity index is 2.15. The minimum atomic E-state index is -0.142. The van der Waals surface area contributed by atoms with Crippen molar-refractivity contribution in [2.45, 2.75) is 26.2 Å². The van der Waals surface area contributed by atoms with Gasteiger partial charge in [-0.15, -0.1) is 0 Å². The molecule has 20 heavy (non-hydrogen) atoms. The summed E-state index contributed by atoms with van der Waals surface area (Å²) in [6.07, 6.45) is 0.759. The van der Waals surface area contributed by atoms with E-state index in [0.717, 1.165) is 23.2 Å². The highest BCUT2D eigenvalue weighted by Gasteiger charge is 2.18. The highest BCUT2D eigenvalue weighted by molar-refractivity contribution is 6.31. The van der Waals surface area contributed by atoms with Crippen LogP contribution in [0.2, 0.25) is 5.02 Å². The van der Waals surface area contributed by atoms with E-state index in [9.17, 15) is 4.79 Å². The van der Waals surface area contributed by atoms with Gasteiger partial charge in [0.2, 0.25) is 5.91 Å². The van der Waals surface area contributed by atoms with E-state index < -0.39 is 0 Å². The molecule has 0 aliphatic carbocycles. The maximum atomic E-state index is 12.4. The highest BCUT2D eigenvalue weighted by atomic mass is 35.5. The number of nitrogens with one attached hydrogen (secondary N) is 1. The average Bonchev–Trinajstić information content (AvgIpc) is 2.45. The number of hydrogen-bond acceptors (Lipinski definition) is 1. The lowest BCUT2D eigenvalue weighted by atomic mass is 9.95. The lowest BCUT2D eigenvalue weighted by Gasteiger charge is -2.15. The molecule has 0 spiro atoms. The Morgan fingerprint density at radius 2 is 1.90 bits per heavy atom. The molecule has 0 aromatic heterocycles. The van der Waals surface area contributed by atoms with Gasteiger partial charge < -0.3 is 5.32 Å². The van der Waals surface area contributed by atoms with E-state index in [1.165, 1.54) is 0 Å². The molecule has 1 N–H and O–H groups in total. The number of rotatable bonds is 4. The summed E-state index contributed by atoms with van der Waals surface area (Å²) in [7, 11) is 0. The Morgan fingerprint density at radius 3 is 2.50 bits per heavy atom. The zero-order valence-electron chi connectivity index (χ0n) is 11.7. The summed E-state index contributed by atoms with van der Waals surface area (Å²) in [6, 6.07) is 15.4. The Bertz CT molecular complexity index is 595. The van der Waals surface area contributed by atoms with Crippen molar-refractivity contribution in [3.05, 3.63) is 64.7 Å². The largest absolute Gasteiger partial charge is 0.326 e. The quantitative estimate of drug-likeness (QED) is 0.861. The highest BCUT2D eigenvalue weighted by Crippen LogP contribution is 2.24. The van der Waals surface area contributed by atoms with Gasteiger partial charge in [0.15, 0.2) is 0 Å². The SMILES string of the molecule is CCC(C(=O)Nc1ccc(C)c(Cl)c1)c1ccccc1. The summed E-state index contributed by atoms with van der Waals surface area (Å²) in [5.41, 5.74) is 2.77.